The number of aryl methyl sites for hydroxylation is 2. The first-order valence-electron chi connectivity index (χ1n) is 13.2. The third kappa shape index (κ3) is 4.66. The first kappa shape index (κ1) is 26.4. The van der Waals surface area contributed by atoms with Crippen molar-refractivity contribution in [1.82, 2.24) is 24.8 Å². The Morgan fingerprint density at radius 3 is 2.64 bits per heavy atom. The Morgan fingerprint density at radius 2 is 1.92 bits per heavy atom. The summed E-state index contributed by atoms with van der Waals surface area (Å²) in [6, 6.07) is 10.7. The van der Waals surface area contributed by atoms with Gasteiger partial charge in [-0.2, -0.15) is 10.2 Å². The molecule has 4 heterocycles. The van der Waals surface area contributed by atoms with Gasteiger partial charge in [-0.15, -0.1) is 0 Å². The Labute approximate surface area is 227 Å². The van der Waals surface area contributed by atoms with E-state index >= 15 is 4.39 Å². The van der Waals surface area contributed by atoms with Crippen molar-refractivity contribution in [3.05, 3.63) is 75.2 Å². The number of nitrogens with zero attached hydrogens (tertiary/aromatic N) is 6. The second-order valence-corrected chi connectivity index (χ2v) is 10.7. The van der Waals surface area contributed by atoms with Gasteiger partial charge in [0.15, 0.2) is 5.65 Å². The summed E-state index contributed by atoms with van der Waals surface area (Å²) in [5.74, 6) is -0.000234. The fraction of sp³-hybridized carbons (Fsp3) is 0.367. The molecule has 3 aromatic heterocycles. The van der Waals surface area contributed by atoms with Crippen molar-refractivity contribution in [3.63, 3.8) is 0 Å². The first-order chi connectivity index (χ1) is 18.6. The topological polar surface area (TPSA) is 99.7 Å². The number of benzene rings is 1. The van der Waals surface area contributed by atoms with E-state index in [1.165, 1.54) is 10.6 Å². The molecule has 0 radical (unpaired) electrons. The third-order valence-electron chi connectivity index (χ3n) is 7.31. The van der Waals surface area contributed by atoms with Gasteiger partial charge >= 0.3 is 5.69 Å². The van der Waals surface area contributed by atoms with Gasteiger partial charge in [-0.05, 0) is 63.4 Å². The van der Waals surface area contributed by atoms with Crippen molar-refractivity contribution in [3.8, 4) is 23.0 Å². The van der Waals surface area contributed by atoms with Gasteiger partial charge in [0.1, 0.15) is 17.7 Å². The molecule has 0 bridgehead atoms. The zero-order valence-corrected chi connectivity index (χ0v) is 23.1. The second kappa shape index (κ2) is 10.2. The molecule has 1 fully saturated rings. The summed E-state index contributed by atoms with van der Waals surface area (Å²) in [5, 5.41) is 14.2. The molecule has 2 atom stereocenters. The third-order valence-corrected chi connectivity index (χ3v) is 7.31. The molecule has 0 saturated carbocycles. The maximum Gasteiger partial charge on any atom is 0.355 e. The van der Waals surface area contributed by atoms with E-state index in [-0.39, 0.29) is 34.8 Å². The summed E-state index contributed by atoms with van der Waals surface area (Å²) in [7, 11) is 0. The van der Waals surface area contributed by atoms with E-state index in [1.54, 1.807) is 24.4 Å². The van der Waals surface area contributed by atoms with Crippen LogP contribution in [0.2, 0.25) is 0 Å². The average molecular weight is 526 g/mol. The van der Waals surface area contributed by atoms with Crippen LogP contribution in [0.1, 0.15) is 56.0 Å². The number of rotatable bonds is 4. The molecule has 0 unspecified atom stereocenters. The molecule has 1 saturated heterocycles. The van der Waals surface area contributed by atoms with Crippen LogP contribution in [0.25, 0.3) is 28.0 Å². The highest BCUT2D eigenvalue weighted by Crippen LogP contribution is 2.34. The number of piperazine rings is 1. The zero-order chi connectivity index (χ0) is 28.0. The highest BCUT2D eigenvalue weighted by molar-refractivity contribution is 5.92. The van der Waals surface area contributed by atoms with Crippen LogP contribution >= 0.6 is 0 Å². The predicted octanol–water partition coefficient (Wildman–Crippen LogP) is 4.78. The van der Waals surface area contributed by atoms with Gasteiger partial charge in [-0.25, -0.2) is 18.7 Å². The molecule has 0 aliphatic carbocycles. The molecule has 0 spiro atoms. The molecule has 1 aliphatic heterocycles. The standard InChI is InChI=1S/C30H32FN7O/c1-16(2)25-27(18(4)9-10-33-25)38-29-23(28(36-30(38)39)37-15-19(5)34-14-20(37)6)12-21(13-32)26(35-29)22-11-17(3)7-8-24(22)31/h7-12,16,19-20,34H,14-15H2,1-6H3/t19-,20+/m1/s1. The number of halogens is 1. The van der Waals surface area contributed by atoms with Gasteiger partial charge in [0, 0.05) is 36.9 Å². The fourth-order valence-corrected chi connectivity index (χ4v) is 5.26. The van der Waals surface area contributed by atoms with Gasteiger partial charge in [0.05, 0.1) is 28.0 Å². The lowest BCUT2D eigenvalue weighted by Gasteiger charge is -2.38. The summed E-state index contributed by atoms with van der Waals surface area (Å²) in [4.78, 5) is 30.1. The number of nitriles is 1. The van der Waals surface area contributed by atoms with Gasteiger partial charge < -0.3 is 10.2 Å². The Hall–Kier alpha value is -4.16. The average Bonchev–Trinajstić information content (AvgIpc) is 2.90. The Kier molecular flexibility index (Phi) is 6.91. The Bertz CT molecular complexity index is 1690. The monoisotopic (exact) mass is 525 g/mol. The van der Waals surface area contributed by atoms with E-state index in [4.69, 9.17) is 4.98 Å². The van der Waals surface area contributed by atoms with Crippen LogP contribution in [0.4, 0.5) is 10.2 Å². The number of pyridine rings is 2. The molecule has 200 valence electrons. The summed E-state index contributed by atoms with van der Waals surface area (Å²) in [6.45, 7) is 13.3. The van der Waals surface area contributed by atoms with Crippen LogP contribution < -0.4 is 15.9 Å². The van der Waals surface area contributed by atoms with Crippen molar-refractivity contribution < 1.29 is 4.39 Å². The molecule has 4 aromatic rings. The van der Waals surface area contributed by atoms with E-state index < -0.39 is 11.5 Å². The largest absolute Gasteiger partial charge is 0.355 e. The SMILES string of the molecule is Cc1ccc(F)c(-c2nc3c(cc2C#N)c(N2C[C@@H](C)NC[C@@H]2C)nc(=O)n3-c2c(C)ccnc2C(C)C)c1. The van der Waals surface area contributed by atoms with Crippen LogP contribution in [-0.4, -0.2) is 44.7 Å². The van der Waals surface area contributed by atoms with E-state index in [1.807, 2.05) is 33.8 Å². The normalized spacial score (nSPS) is 17.6. The minimum atomic E-state index is -0.498. The van der Waals surface area contributed by atoms with E-state index in [2.05, 4.69) is 40.1 Å². The van der Waals surface area contributed by atoms with E-state index in [0.29, 0.717) is 29.1 Å². The van der Waals surface area contributed by atoms with Crippen LogP contribution in [-0.2, 0) is 0 Å². The van der Waals surface area contributed by atoms with Crippen LogP contribution in [0.15, 0.2) is 41.3 Å². The van der Waals surface area contributed by atoms with Gasteiger partial charge in [-0.1, -0.05) is 25.5 Å². The van der Waals surface area contributed by atoms with E-state index in [0.717, 1.165) is 23.4 Å². The first-order valence-corrected chi connectivity index (χ1v) is 13.2. The number of anilines is 1. The number of hydrogen-bond acceptors (Lipinski definition) is 7. The quantitative estimate of drug-likeness (QED) is 0.409. The molecule has 1 aromatic carbocycles. The number of aromatic nitrogens is 4. The number of nitrogens with one attached hydrogen (secondary N) is 1. The Morgan fingerprint density at radius 1 is 1.15 bits per heavy atom. The zero-order valence-electron chi connectivity index (χ0n) is 23.1. The number of fused-ring (bicyclic) bond motifs is 1. The van der Waals surface area contributed by atoms with Gasteiger partial charge in [0.2, 0.25) is 0 Å². The maximum absolute atomic E-state index is 15.1. The minimum Gasteiger partial charge on any atom is -0.350 e. The molecule has 1 aliphatic rings. The van der Waals surface area contributed by atoms with Crippen molar-refractivity contribution in [2.45, 2.75) is 59.5 Å². The minimum absolute atomic E-state index is 0.0163. The summed E-state index contributed by atoms with van der Waals surface area (Å²) >= 11 is 0. The van der Waals surface area contributed by atoms with Crippen LogP contribution in [0.3, 0.4) is 0 Å². The molecule has 5 rings (SSSR count). The maximum atomic E-state index is 15.1. The molecule has 1 N–H and O–H groups in total. The smallest absolute Gasteiger partial charge is 0.350 e. The molecule has 9 heteroatoms. The molecular formula is C30H32FN7O. The van der Waals surface area contributed by atoms with Gasteiger partial charge in [0.25, 0.3) is 0 Å². The fourth-order valence-electron chi connectivity index (χ4n) is 5.26. The van der Waals surface area contributed by atoms with Crippen molar-refractivity contribution in [2.24, 2.45) is 0 Å². The van der Waals surface area contributed by atoms with Crippen LogP contribution in [0, 0.1) is 31.0 Å². The lowest BCUT2D eigenvalue weighted by atomic mass is 10.0. The highest BCUT2D eigenvalue weighted by Gasteiger charge is 2.29. The summed E-state index contributed by atoms with van der Waals surface area (Å²) < 4.78 is 16.6. The highest BCUT2D eigenvalue weighted by atomic mass is 19.1. The summed E-state index contributed by atoms with van der Waals surface area (Å²) in [5.41, 5.74) is 3.43. The second-order valence-electron chi connectivity index (χ2n) is 10.7. The lowest BCUT2D eigenvalue weighted by molar-refractivity contribution is 0.423. The predicted molar refractivity (Wildman–Crippen MR) is 151 cm³/mol. The lowest BCUT2D eigenvalue weighted by Crippen LogP contribution is -2.55. The van der Waals surface area contributed by atoms with Crippen LogP contribution in [0.5, 0.6) is 0 Å². The van der Waals surface area contributed by atoms with Crippen molar-refractivity contribution in [2.75, 3.05) is 18.0 Å². The number of hydrogen-bond donors (Lipinski definition) is 1. The Balaban J connectivity index is 1.94. The summed E-state index contributed by atoms with van der Waals surface area (Å²) in [6.07, 6.45) is 1.72. The molecular weight excluding hydrogens is 493 g/mol. The van der Waals surface area contributed by atoms with Crippen molar-refractivity contribution in [1.29, 1.82) is 5.26 Å². The van der Waals surface area contributed by atoms with Crippen molar-refractivity contribution >= 4 is 16.9 Å². The van der Waals surface area contributed by atoms with E-state index in [9.17, 15) is 10.1 Å². The molecule has 0 amide bonds. The van der Waals surface area contributed by atoms with Gasteiger partial charge in [-0.3, -0.25) is 4.98 Å². The molecule has 39 heavy (non-hydrogen) atoms. The molecule has 8 nitrogen and oxygen atoms in total.